The molecule has 8 heteroatoms. The van der Waals surface area contributed by atoms with Crippen molar-refractivity contribution >= 4 is 32.4 Å². The van der Waals surface area contributed by atoms with Crippen LogP contribution in [-0.4, -0.2) is 39.9 Å². The summed E-state index contributed by atoms with van der Waals surface area (Å²) in [6.07, 6.45) is 0. The number of amides is 1. The van der Waals surface area contributed by atoms with Crippen LogP contribution in [0.15, 0.2) is 65.6 Å². The summed E-state index contributed by atoms with van der Waals surface area (Å²) >= 11 is 0. The number of likely N-dealkylation sites (N-methyl/N-ethyl adjacent to an activating group) is 1. The van der Waals surface area contributed by atoms with E-state index in [-0.39, 0.29) is 17.3 Å². The van der Waals surface area contributed by atoms with Crippen LogP contribution in [0, 0.1) is 0 Å². The van der Waals surface area contributed by atoms with Gasteiger partial charge in [-0.05, 0) is 59.8 Å². The van der Waals surface area contributed by atoms with Gasteiger partial charge < -0.3 is 10.1 Å². The van der Waals surface area contributed by atoms with E-state index in [1.54, 1.807) is 13.2 Å². The molecule has 7 nitrogen and oxygen atoms in total. The van der Waals surface area contributed by atoms with Crippen LogP contribution in [0.25, 0.3) is 10.8 Å². The molecule has 0 fully saturated rings. The number of sulfonamides is 1. The van der Waals surface area contributed by atoms with Crippen LogP contribution in [0.2, 0.25) is 0 Å². The Morgan fingerprint density at radius 2 is 1.79 bits per heavy atom. The molecule has 0 spiro atoms. The molecule has 0 saturated carbocycles. The minimum Gasteiger partial charge on any atom is -0.497 e. The molecule has 0 atom stereocenters. The number of hydrogen-bond acceptors (Lipinski definition) is 5. The number of carbonyl (C=O) groups excluding carboxylic acids is 1. The zero-order valence-electron chi connectivity index (χ0n) is 16.3. The van der Waals surface area contributed by atoms with Crippen LogP contribution in [0.4, 0.5) is 5.69 Å². The van der Waals surface area contributed by atoms with Gasteiger partial charge in [0.25, 0.3) is 0 Å². The van der Waals surface area contributed by atoms with Gasteiger partial charge in [-0.3, -0.25) is 9.69 Å². The molecule has 3 N–H and O–H groups in total. The summed E-state index contributed by atoms with van der Waals surface area (Å²) in [6, 6.07) is 17.9. The van der Waals surface area contributed by atoms with Crippen molar-refractivity contribution in [3.05, 3.63) is 66.2 Å². The standard InChI is InChI=1S/C21H23N3O4S/c1-24(13-15-6-7-17-11-19(28-2)9-8-16(17)10-15)14-21(25)23-18-4-3-5-20(12-18)29(22,26)27/h3-12H,13-14H2,1-2H3,(H,23,25)(H2,22,26,27). The van der Waals surface area contributed by atoms with Crippen molar-refractivity contribution in [3.8, 4) is 5.75 Å². The van der Waals surface area contributed by atoms with Crippen LogP contribution in [0.1, 0.15) is 5.56 Å². The Labute approximate surface area is 170 Å². The molecule has 3 aromatic rings. The lowest BCUT2D eigenvalue weighted by atomic mass is 10.1. The highest BCUT2D eigenvalue weighted by Gasteiger charge is 2.11. The zero-order chi connectivity index (χ0) is 21.0. The predicted molar refractivity (Wildman–Crippen MR) is 113 cm³/mol. The number of fused-ring (bicyclic) bond motifs is 1. The Kier molecular flexibility index (Phi) is 6.17. The molecule has 0 radical (unpaired) electrons. The fourth-order valence-electron chi connectivity index (χ4n) is 3.06. The normalized spacial score (nSPS) is 11.6. The number of anilines is 1. The number of nitrogens with one attached hydrogen (secondary N) is 1. The molecule has 0 aliphatic heterocycles. The molecule has 29 heavy (non-hydrogen) atoms. The van der Waals surface area contributed by atoms with Crippen molar-refractivity contribution in [2.24, 2.45) is 5.14 Å². The van der Waals surface area contributed by atoms with Crippen molar-refractivity contribution in [2.45, 2.75) is 11.4 Å². The van der Waals surface area contributed by atoms with E-state index in [1.807, 2.05) is 42.3 Å². The molecular formula is C21H23N3O4S. The fraction of sp³-hybridized carbons (Fsp3) is 0.190. The molecule has 0 aliphatic carbocycles. The van der Waals surface area contributed by atoms with Gasteiger partial charge in [0.2, 0.25) is 15.9 Å². The summed E-state index contributed by atoms with van der Waals surface area (Å²) in [5, 5.41) is 10.0. The maximum absolute atomic E-state index is 12.3. The summed E-state index contributed by atoms with van der Waals surface area (Å²) in [7, 11) is -0.332. The van der Waals surface area contributed by atoms with E-state index in [0.717, 1.165) is 22.1 Å². The van der Waals surface area contributed by atoms with Crippen molar-refractivity contribution in [3.63, 3.8) is 0 Å². The third kappa shape index (κ3) is 5.54. The largest absolute Gasteiger partial charge is 0.497 e. The number of hydrogen-bond donors (Lipinski definition) is 2. The number of rotatable bonds is 7. The summed E-state index contributed by atoms with van der Waals surface area (Å²) < 4.78 is 28.1. The van der Waals surface area contributed by atoms with E-state index in [0.29, 0.717) is 12.2 Å². The minimum absolute atomic E-state index is 0.0450. The highest BCUT2D eigenvalue weighted by molar-refractivity contribution is 7.89. The first-order valence-electron chi connectivity index (χ1n) is 8.92. The van der Waals surface area contributed by atoms with Crippen LogP contribution in [0.3, 0.4) is 0 Å². The van der Waals surface area contributed by atoms with E-state index in [4.69, 9.17) is 9.88 Å². The highest BCUT2D eigenvalue weighted by Crippen LogP contribution is 2.22. The number of ether oxygens (including phenoxy) is 1. The Balaban J connectivity index is 1.62. The van der Waals surface area contributed by atoms with Crippen molar-refractivity contribution < 1.29 is 17.9 Å². The van der Waals surface area contributed by atoms with Gasteiger partial charge in [-0.1, -0.05) is 24.3 Å². The molecule has 0 aliphatic rings. The quantitative estimate of drug-likeness (QED) is 0.620. The smallest absolute Gasteiger partial charge is 0.238 e. The minimum atomic E-state index is -3.82. The highest BCUT2D eigenvalue weighted by atomic mass is 32.2. The van der Waals surface area contributed by atoms with Crippen molar-refractivity contribution in [2.75, 3.05) is 26.0 Å². The topological polar surface area (TPSA) is 102 Å². The number of carbonyl (C=O) groups is 1. The average Bonchev–Trinajstić information content (AvgIpc) is 2.66. The second kappa shape index (κ2) is 8.60. The van der Waals surface area contributed by atoms with E-state index >= 15 is 0 Å². The Bertz CT molecular complexity index is 1150. The summed E-state index contributed by atoms with van der Waals surface area (Å²) in [5.41, 5.74) is 1.46. The number of benzene rings is 3. The Morgan fingerprint density at radius 1 is 1.07 bits per heavy atom. The summed E-state index contributed by atoms with van der Waals surface area (Å²) in [4.78, 5) is 14.1. The average molecular weight is 413 g/mol. The second-order valence-electron chi connectivity index (χ2n) is 6.84. The van der Waals surface area contributed by atoms with Crippen LogP contribution in [0.5, 0.6) is 5.75 Å². The van der Waals surface area contributed by atoms with Crippen LogP contribution in [-0.2, 0) is 21.4 Å². The lowest BCUT2D eigenvalue weighted by Crippen LogP contribution is -2.29. The van der Waals surface area contributed by atoms with E-state index in [9.17, 15) is 13.2 Å². The van der Waals surface area contributed by atoms with Crippen molar-refractivity contribution in [1.29, 1.82) is 0 Å². The van der Waals surface area contributed by atoms with Gasteiger partial charge in [-0.2, -0.15) is 0 Å². The molecule has 3 rings (SSSR count). The van der Waals surface area contributed by atoms with Gasteiger partial charge in [0.1, 0.15) is 5.75 Å². The Morgan fingerprint density at radius 3 is 2.52 bits per heavy atom. The maximum atomic E-state index is 12.3. The number of nitrogens with two attached hydrogens (primary N) is 1. The molecule has 0 saturated heterocycles. The molecular weight excluding hydrogens is 390 g/mol. The second-order valence-corrected chi connectivity index (χ2v) is 8.40. The van der Waals surface area contributed by atoms with Crippen molar-refractivity contribution in [1.82, 2.24) is 4.90 Å². The third-order valence-electron chi connectivity index (χ3n) is 4.42. The number of primary sulfonamides is 1. The van der Waals surface area contributed by atoms with Gasteiger partial charge in [0, 0.05) is 12.2 Å². The molecule has 152 valence electrons. The molecule has 0 aromatic heterocycles. The van der Waals surface area contributed by atoms with Gasteiger partial charge in [-0.25, -0.2) is 13.6 Å². The first-order chi connectivity index (χ1) is 13.7. The van der Waals surface area contributed by atoms with Crippen LogP contribution >= 0.6 is 0 Å². The third-order valence-corrected chi connectivity index (χ3v) is 5.34. The molecule has 3 aromatic carbocycles. The van der Waals surface area contributed by atoms with E-state index in [1.165, 1.54) is 18.2 Å². The lowest BCUT2D eigenvalue weighted by molar-refractivity contribution is -0.117. The van der Waals surface area contributed by atoms with Crippen LogP contribution < -0.4 is 15.2 Å². The number of nitrogens with zero attached hydrogens (tertiary/aromatic N) is 1. The van der Waals surface area contributed by atoms with Gasteiger partial charge in [0.05, 0.1) is 18.6 Å². The first-order valence-corrected chi connectivity index (χ1v) is 10.5. The molecule has 0 unspecified atom stereocenters. The Hall–Kier alpha value is -2.94. The first kappa shape index (κ1) is 20.8. The van der Waals surface area contributed by atoms with E-state index < -0.39 is 10.0 Å². The molecule has 1 amide bonds. The SMILES string of the molecule is COc1ccc2cc(CN(C)CC(=O)Nc3cccc(S(N)(=O)=O)c3)ccc2c1. The van der Waals surface area contributed by atoms with Gasteiger partial charge in [0.15, 0.2) is 0 Å². The molecule has 0 heterocycles. The van der Waals surface area contributed by atoms with E-state index in [2.05, 4.69) is 11.4 Å². The summed E-state index contributed by atoms with van der Waals surface area (Å²) in [6.45, 7) is 0.743. The van der Waals surface area contributed by atoms with Gasteiger partial charge in [-0.15, -0.1) is 0 Å². The fourth-order valence-corrected chi connectivity index (χ4v) is 3.62. The molecule has 0 bridgehead atoms. The van der Waals surface area contributed by atoms with Gasteiger partial charge >= 0.3 is 0 Å². The monoisotopic (exact) mass is 413 g/mol. The lowest BCUT2D eigenvalue weighted by Gasteiger charge is -2.17. The maximum Gasteiger partial charge on any atom is 0.238 e. The zero-order valence-corrected chi connectivity index (χ0v) is 17.1. The predicted octanol–water partition coefficient (Wildman–Crippen LogP) is 2.57. The number of methoxy groups -OCH3 is 1. The summed E-state index contributed by atoms with van der Waals surface area (Å²) in [5.74, 6) is 0.565.